The Hall–Kier alpha value is -1.83. The number of thiazole rings is 1. The molecule has 1 heterocycles. The number of aromatic nitrogens is 1. The number of hydrogen-bond acceptors (Lipinski definition) is 4. The molecule has 1 aromatic carbocycles. The highest BCUT2D eigenvalue weighted by Crippen LogP contribution is 2.24. The molecule has 1 amide bonds. The molecule has 0 saturated heterocycles. The molecule has 0 saturated carbocycles. The molecule has 3 N–H and O–H groups in total. The highest BCUT2D eigenvalue weighted by Gasteiger charge is 2.27. The second kappa shape index (κ2) is 4.45. The molecule has 2 aromatic rings. The number of benzene rings is 1. The molecule has 0 atom stereocenters. The summed E-state index contributed by atoms with van der Waals surface area (Å²) in [6.07, 6.45) is -4.42. The topological polar surface area (TPSA) is 68.0 Å². The van der Waals surface area contributed by atoms with Gasteiger partial charge in [0.2, 0.25) is 0 Å². The van der Waals surface area contributed by atoms with Crippen molar-refractivity contribution in [2.45, 2.75) is 6.18 Å². The normalized spacial score (nSPS) is 11.7. The van der Waals surface area contributed by atoms with Gasteiger partial charge >= 0.3 is 6.18 Å². The molecule has 8 heteroatoms. The van der Waals surface area contributed by atoms with Crippen molar-refractivity contribution in [2.75, 3.05) is 12.3 Å². The van der Waals surface area contributed by atoms with Crippen molar-refractivity contribution < 1.29 is 18.0 Å². The molecular weight excluding hydrogens is 267 g/mol. The smallest absolute Gasteiger partial charge is 0.375 e. The van der Waals surface area contributed by atoms with Crippen molar-refractivity contribution in [3.05, 3.63) is 23.8 Å². The van der Waals surface area contributed by atoms with Crippen LogP contribution in [-0.4, -0.2) is 23.6 Å². The van der Waals surface area contributed by atoms with Crippen LogP contribution in [0.3, 0.4) is 0 Å². The Morgan fingerprint density at radius 3 is 2.83 bits per heavy atom. The fraction of sp³-hybridized carbons (Fsp3) is 0.200. The Kier molecular flexibility index (Phi) is 3.12. The van der Waals surface area contributed by atoms with E-state index in [9.17, 15) is 18.0 Å². The van der Waals surface area contributed by atoms with E-state index in [1.165, 1.54) is 23.5 Å². The lowest BCUT2D eigenvalue weighted by Gasteiger charge is -2.08. The van der Waals surface area contributed by atoms with E-state index in [1.54, 1.807) is 11.4 Å². The fourth-order valence-electron chi connectivity index (χ4n) is 1.37. The number of hydrogen-bond donors (Lipinski definition) is 2. The first-order chi connectivity index (χ1) is 8.35. The molecule has 0 spiro atoms. The standard InChI is InChI=1S/C10H8F3N3OS/c11-10(12,13)4-15-8(17)5-1-2-6-7(3-5)18-9(14)16-6/h1-3H,4H2,(H2,14,16)(H,15,17). The van der Waals surface area contributed by atoms with Gasteiger partial charge in [-0.3, -0.25) is 4.79 Å². The monoisotopic (exact) mass is 275 g/mol. The second-order valence-corrected chi connectivity index (χ2v) is 4.59. The number of nitrogens with zero attached hydrogens (tertiary/aromatic N) is 1. The summed E-state index contributed by atoms with van der Waals surface area (Å²) in [5.41, 5.74) is 6.25. The third kappa shape index (κ3) is 2.89. The van der Waals surface area contributed by atoms with Gasteiger partial charge in [0.05, 0.1) is 10.2 Å². The van der Waals surface area contributed by atoms with Crippen LogP contribution in [0.25, 0.3) is 10.2 Å². The number of nitrogen functional groups attached to an aromatic ring is 1. The third-order valence-corrected chi connectivity index (χ3v) is 2.96. The molecule has 0 radical (unpaired) electrons. The first-order valence-corrected chi connectivity index (χ1v) is 5.68. The van der Waals surface area contributed by atoms with Crippen LogP contribution in [0.15, 0.2) is 18.2 Å². The van der Waals surface area contributed by atoms with Crippen molar-refractivity contribution >= 4 is 32.6 Å². The van der Waals surface area contributed by atoms with Gasteiger partial charge in [0.15, 0.2) is 5.13 Å². The van der Waals surface area contributed by atoms with Gasteiger partial charge in [-0.05, 0) is 18.2 Å². The van der Waals surface area contributed by atoms with Crippen LogP contribution in [0.4, 0.5) is 18.3 Å². The predicted molar refractivity (Wildman–Crippen MR) is 62.4 cm³/mol. The van der Waals surface area contributed by atoms with Crippen LogP contribution in [0, 0.1) is 0 Å². The molecule has 0 aliphatic rings. The van der Waals surface area contributed by atoms with E-state index in [-0.39, 0.29) is 5.56 Å². The molecule has 18 heavy (non-hydrogen) atoms. The van der Waals surface area contributed by atoms with E-state index in [0.29, 0.717) is 15.3 Å². The van der Waals surface area contributed by atoms with Crippen LogP contribution >= 0.6 is 11.3 Å². The minimum absolute atomic E-state index is 0.149. The highest BCUT2D eigenvalue weighted by molar-refractivity contribution is 7.22. The quantitative estimate of drug-likeness (QED) is 0.882. The predicted octanol–water partition coefficient (Wildman–Crippen LogP) is 2.17. The Labute approximate surface area is 104 Å². The van der Waals surface area contributed by atoms with Gasteiger partial charge in [-0.2, -0.15) is 13.2 Å². The van der Waals surface area contributed by atoms with E-state index in [0.717, 1.165) is 0 Å². The molecule has 0 aliphatic heterocycles. The first-order valence-electron chi connectivity index (χ1n) is 4.86. The van der Waals surface area contributed by atoms with E-state index < -0.39 is 18.6 Å². The molecule has 2 rings (SSSR count). The number of carbonyl (C=O) groups is 1. The Morgan fingerprint density at radius 1 is 1.44 bits per heavy atom. The van der Waals surface area contributed by atoms with Gasteiger partial charge in [-0.25, -0.2) is 4.98 Å². The number of fused-ring (bicyclic) bond motifs is 1. The maximum Gasteiger partial charge on any atom is 0.405 e. The Balaban J connectivity index is 2.17. The molecule has 0 bridgehead atoms. The Bertz CT molecular complexity index is 594. The molecule has 0 fully saturated rings. The minimum atomic E-state index is -4.42. The minimum Gasteiger partial charge on any atom is -0.375 e. The zero-order chi connectivity index (χ0) is 13.3. The van der Waals surface area contributed by atoms with Crippen molar-refractivity contribution in [2.24, 2.45) is 0 Å². The number of halogens is 3. The van der Waals surface area contributed by atoms with E-state index in [2.05, 4.69) is 4.98 Å². The lowest BCUT2D eigenvalue weighted by molar-refractivity contribution is -0.123. The maximum atomic E-state index is 11.9. The third-order valence-electron chi connectivity index (χ3n) is 2.12. The summed E-state index contributed by atoms with van der Waals surface area (Å²) in [5.74, 6) is -0.777. The van der Waals surface area contributed by atoms with Gasteiger partial charge in [0.25, 0.3) is 5.91 Å². The summed E-state index contributed by atoms with van der Waals surface area (Å²) in [4.78, 5) is 15.5. The molecule has 1 aromatic heterocycles. The average molecular weight is 275 g/mol. The number of rotatable bonds is 2. The van der Waals surface area contributed by atoms with Gasteiger partial charge in [0.1, 0.15) is 6.54 Å². The number of alkyl halides is 3. The zero-order valence-electron chi connectivity index (χ0n) is 8.91. The van der Waals surface area contributed by atoms with Crippen molar-refractivity contribution in [1.29, 1.82) is 0 Å². The summed E-state index contributed by atoms with van der Waals surface area (Å²) in [6, 6.07) is 4.42. The van der Waals surface area contributed by atoms with Crippen molar-refractivity contribution in [3.8, 4) is 0 Å². The Morgan fingerprint density at radius 2 is 2.17 bits per heavy atom. The molecule has 96 valence electrons. The number of nitrogens with two attached hydrogens (primary N) is 1. The lowest BCUT2D eigenvalue weighted by atomic mass is 10.2. The van der Waals surface area contributed by atoms with Crippen LogP contribution in [-0.2, 0) is 0 Å². The summed E-state index contributed by atoms with van der Waals surface area (Å²) < 4.78 is 36.5. The molecule has 0 unspecified atom stereocenters. The highest BCUT2D eigenvalue weighted by atomic mass is 32.1. The van der Waals surface area contributed by atoms with E-state index in [1.807, 2.05) is 0 Å². The van der Waals surface area contributed by atoms with Crippen LogP contribution in [0.2, 0.25) is 0 Å². The van der Waals surface area contributed by atoms with Crippen LogP contribution in [0.1, 0.15) is 10.4 Å². The van der Waals surface area contributed by atoms with E-state index >= 15 is 0 Å². The zero-order valence-corrected chi connectivity index (χ0v) is 9.73. The fourth-order valence-corrected chi connectivity index (χ4v) is 2.14. The maximum absolute atomic E-state index is 11.9. The van der Waals surface area contributed by atoms with Crippen molar-refractivity contribution in [3.63, 3.8) is 0 Å². The first kappa shape index (κ1) is 12.6. The largest absolute Gasteiger partial charge is 0.405 e. The second-order valence-electron chi connectivity index (χ2n) is 3.53. The van der Waals surface area contributed by atoms with Gasteiger partial charge < -0.3 is 11.1 Å². The molecule has 4 nitrogen and oxygen atoms in total. The number of carbonyl (C=O) groups excluding carboxylic acids is 1. The van der Waals surface area contributed by atoms with E-state index in [4.69, 9.17) is 5.73 Å². The average Bonchev–Trinajstić information content (AvgIpc) is 2.63. The van der Waals surface area contributed by atoms with Gasteiger partial charge in [-0.1, -0.05) is 11.3 Å². The summed E-state index contributed by atoms with van der Waals surface area (Å²) in [5, 5.41) is 2.14. The number of anilines is 1. The van der Waals surface area contributed by atoms with Crippen LogP contribution in [0.5, 0.6) is 0 Å². The summed E-state index contributed by atoms with van der Waals surface area (Å²) in [7, 11) is 0. The summed E-state index contributed by atoms with van der Waals surface area (Å²) >= 11 is 1.17. The van der Waals surface area contributed by atoms with Gasteiger partial charge in [0, 0.05) is 5.56 Å². The number of amides is 1. The lowest BCUT2D eigenvalue weighted by Crippen LogP contribution is -2.33. The molecular formula is C10H8F3N3OS. The van der Waals surface area contributed by atoms with Crippen LogP contribution < -0.4 is 11.1 Å². The molecule has 0 aliphatic carbocycles. The number of nitrogens with one attached hydrogen (secondary N) is 1. The van der Waals surface area contributed by atoms with Gasteiger partial charge in [-0.15, -0.1) is 0 Å². The SMILES string of the molecule is Nc1nc2ccc(C(=O)NCC(F)(F)F)cc2s1. The van der Waals surface area contributed by atoms with Crippen molar-refractivity contribution in [1.82, 2.24) is 10.3 Å². The summed E-state index contributed by atoms with van der Waals surface area (Å²) in [6.45, 7) is -1.35.